The lowest BCUT2D eigenvalue weighted by Crippen LogP contribution is -2.42. The van der Waals surface area contributed by atoms with Gasteiger partial charge in [-0.2, -0.15) is 0 Å². The highest BCUT2D eigenvalue weighted by Gasteiger charge is 2.20. The Morgan fingerprint density at radius 3 is 2.59 bits per heavy atom. The normalized spacial score (nSPS) is 18.5. The molecule has 1 aliphatic rings. The van der Waals surface area contributed by atoms with Crippen LogP contribution < -0.4 is 5.32 Å². The average molecular weight is 234 g/mol. The van der Waals surface area contributed by atoms with Crippen LogP contribution in [0.5, 0.6) is 5.75 Å². The van der Waals surface area contributed by atoms with Crippen molar-refractivity contribution in [2.75, 3.05) is 18.4 Å². The maximum absolute atomic E-state index is 9.41. The van der Waals surface area contributed by atoms with E-state index in [1.807, 2.05) is 12.1 Å². The van der Waals surface area contributed by atoms with Crippen molar-refractivity contribution in [1.29, 1.82) is 0 Å². The standard InChI is InChI=1S/C14H22N2O/c1-11(2)16-8-6-12(7-9-16)15-13-4-3-5-14(17)10-13/h3-5,10-12,15,17H,6-9H2,1-2H3. The molecule has 1 aliphatic heterocycles. The van der Waals surface area contributed by atoms with Gasteiger partial charge in [0.25, 0.3) is 0 Å². The van der Waals surface area contributed by atoms with Gasteiger partial charge in [-0.1, -0.05) is 6.07 Å². The fourth-order valence-electron chi connectivity index (χ4n) is 2.39. The molecule has 2 rings (SSSR count). The third-order valence-electron chi connectivity index (χ3n) is 3.48. The lowest BCUT2D eigenvalue weighted by molar-refractivity contribution is 0.177. The van der Waals surface area contributed by atoms with Gasteiger partial charge < -0.3 is 15.3 Å². The molecule has 1 fully saturated rings. The highest BCUT2D eigenvalue weighted by Crippen LogP contribution is 2.20. The predicted molar refractivity (Wildman–Crippen MR) is 71.5 cm³/mol. The zero-order valence-corrected chi connectivity index (χ0v) is 10.7. The van der Waals surface area contributed by atoms with Gasteiger partial charge in [-0.3, -0.25) is 0 Å². The molecule has 1 aromatic rings. The Bertz CT molecular complexity index is 357. The first-order chi connectivity index (χ1) is 8.15. The number of likely N-dealkylation sites (tertiary alicyclic amines) is 1. The summed E-state index contributed by atoms with van der Waals surface area (Å²) >= 11 is 0. The Morgan fingerprint density at radius 2 is 2.00 bits per heavy atom. The second-order valence-electron chi connectivity index (χ2n) is 5.10. The van der Waals surface area contributed by atoms with Gasteiger partial charge >= 0.3 is 0 Å². The van der Waals surface area contributed by atoms with Gasteiger partial charge in [0, 0.05) is 36.9 Å². The number of phenolic OH excluding ortho intramolecular Hbond substituents is 1. The Hall–Kier alpha value is -1.22. The summed E-state index contributed by atoms with van der Waals surface area (Å²) in [6.45, 7) is 6.83. The number of benzene rings is 1. The van der Waals surface area contributed by atoms with E-state index in [2.05, 4.69) is 24.1 Å². The summed E-state index contributed by atoms with van der Waals surface area (Å²) in [6, 6.07) is 8.56. The van der Waals surface area contributed by atoms with Crippen LogP contribution >= 0.6 is 0 Å². The maximum atomic E-state index is 9.41. The number of hydrogen-bond acceptors (Lipinski definition) is 3. The van der Waals surface area contributed by atoms with Crippen molar-refractivity contribution in [2.45, 2.75) is 38.8 Å². The average Bonchev–Trinajstić information content (AvgIpc) is 2.29. The van der Waals surface area contributed by atoms with E-state index in [9.17, 15) is 5.11 Å². The summed E-state index contributed by atoms with van der Waals surface area (Å²) in [6.07, 6.45) is 2.35. The van der Waals surface area contributed by atoms with Gasteiger partial charge in [0.2, 0.25) is 0 Å². The minimum Gasteiger partial charge on any atom is -0.508 e. The quantitative estimate of drug-likeness (QED) is 0.844. The molecule has 0 radical (unpaired) electrons. The monoisotopic (exact) mass is 234 g/mol. The van der Waals surface area contributed by atoms with Crippen LogP contribution in [0.2, 0.25) is 0 Å². The summed E-state index contributed by atoms with van der Waals surface area (Å²) in [5.74, 6) is 0.328. The summed E-state index contributed by atoms with van der Waals surface area (Å²) in [5, 5.41) is 12.9. The molecule has 1 heterocycles. The SMILES string of the molecule is CC(C)N1CCC(Nc2cccc(O)c2)CC1. The van der Waals surface area contributed by atoms with Crippen molar-refractivity contribution < 1.29 is 5.11 Å². The topological polar surface area (TPSA) is 35.5 Å². The lowest BCUT2D eigenvalue weighted by atomic mass is 10.0. The first-order valence-electron chi connectivity index (χ1n) is 6.45. The van der Waals surface area contributed by atoms with Gasteiger partial charge in [-0.25, -0.2) is 0 Å². The molecule has 0 atom stereocenters. The zero-order chi connectivity index (χ0) is 12.3. The zero-order valence-electron chi connectivity index (χ0n) is 10.7. The fraction of sp³-hybridized carbons (Fsp3) is 0.571. The van der Waals surface area contributed by atoms with Crippen LogP contribution in [-0.4, -0.2) is 35.2 Å². The van der Waals surface area contributed by atoms with Crippen LogP contribution in [-0.2, 0) is 0 Å². The van der Waals surface area contributed by atoms with Crippen LogP contribution in [0.25, 0.3) is 0 Å². The maximum Gasteiger partial charge on any atom is 0.117 e. The molecular formula is C14H22N2O. The molecule has 2 N–H and O–H groups in total. The van der Waals surface area contributed by atoms with Crippen molar-refractivity contribution >= 4 is 5.69 Å². The van der Waals surface area contributed by atoms with Crippen LogP contribution in [0.3, 0.4) is 0 Å². The van der Waals surface area contributed by atoms with E-state index in [-0.39, 0.29) is 0 Å². The number of nitrogens with one attached hydrogen (secondary N) is 1. The second-order valence-corrected chi connectivity index (χ2v) is 5.10. The summed E-state index contributed by atoms with van der Waals surface area (Å²) in [5.41, 5.74) is 1.02. The van der Waals surface area contributed by atoms with Crippen LogP contribution in [0.4, 0.5) is 5.69 Å². The van der Waals surface area contributed by atoms with Crippen LogP contribution in [0, 0.1) is 0 Å². The van der Waals surface area contributed by atoms with Gasteiger partial charge in [0.05, 0.1) is 0 Å². The van der Waals surface area contributed by atoms with Crippen molar-refractivity contribution in [3.05, 3.63) is 24.3 Å². The number of rotatable bonds is 3. The number of piperidine rings is 1. The summed E-state index contributed by atoms with van der Waals surface area (Å²) in [7, 11) is 0. The lowest BCUT2D eigenvalue weighted by Gasteiger charge is -2.35. The van der Waals surface area contributed by atoms with Gasteiger partial charge in [-0.05, 0) is 38.8 Å². The molecule has 0 bridgehead atoms. The molecule has 17 heavy (non-hydrogen) atoms. The first kappa shape index (κ1) is 12.2. The molecule has 0 aromatic heterocycles. The van der Waals surface area contributed by atoms with E-state index in [4.69, 9.17) is 0 Å². The third-order valence-corrected chi connectivity index (χ3v) is 3.48. The largest absolute Gasteiger partial charge is 0.508 e. The molecule has 1 aromatic carbocycles. The number of phenols is 1. The van der Waals surface area contributed by atoms with E-state index >= 15 is 0 Å². The number of nitrogens with zero attached hydrogens (tertiary/aromatic N) is 1. The van der Waals surface area contributed by atoms with E-state index in [1.54, 1.807) is 12.1 Å². The molecule has 0 saturated carbocycles. The van der Waals surface area contributed by atoms with E-state index < -0.39 is 0 Å². The van der Waals surface area contributed by atoms with Crippen molar-refractivity contribution in [3.63, 3.8) is 0 Å². The summed E-state index contributed by atoms with van der Waals surface area (Å²) in [4.78, 5) is 2.51. The molecule has 3 heteroatoms. The van der Waals surface area contributed by atoms with Crippen molar-refractivity contribution in [3.8, 4) is 5.75 Å². The minimum absolute atomic E-state index is 0.328. The number of anilines is 1. The van der Waals surface area contributed by atoms with Gasteiger partial charge in [0.15, 0.2) is 0 Å². The van der Waals surface area contributed by atoms with E-state index in [1.165, 1.54) is 12.8 Å². The van der Waals surface area contributed by atoms with E-state index in [0.717, 1.165) is 18.8 Å². The molecule has 0 aliphatic carbocycles. The third kappa shape index (κ3) is 3.37. The second kappa shape index (κ2) is 5.41. The highest BCUT2D eigenvalue weighted by atomic mass is 16.3. The molecule has 0 spiro atoms. The number of aromatic hydroxyl groups is 1. The molecule has 94 valence electrons. The Morgan fingerprint density at radius 1 is 1.29 bits per heavy atom. The molecule has 3 nitrogen and oxygen atoms in total. The van der Waals surface area contributed by atoms with Crippen LogP contribution in [0.1, 0.15) is 26.7 Å². The Balaban J connectivity index is 1.86. The van der Waals surface area contributed by atoms with E-state index in [0.29, 0.717) is 17.8 Å². The van der Waals surface area contributed by atoms with Crippen LogP contribution in [0.15, 0.2) is 24.3 Å². The van der Waals surface area contributed by atoms with Crippen molar-refractivity contribution in [2.24, 2.45) is 0 Å². The highest BCUT2D eigenvalue weighted by molar-refractivity contribution is 5.48. The fourth-order valence-corrected chi connectivity index (χ4v) is 2.39. The van der Waals surface area contributed by atoms with Gasteiger partial charge in [-0.15, -0.1) is 0 Å². The molecule has 1 saturated heterocycles. The minimum atomic E-state index is 0.328. The smallest absolute Gasteiger partial charge is 0.117 e. The van der Waals surface area contributed by atoms with Gasteiger partial charge in [0.1, 0.15) is 5.75 Å². The molecule has 0 unspecified atom stereocenters. The summed E-state index contributed by atoms with van der Waals surface area (Å²) < 4.78 is 0. The molecular weight excluding hydrogens is 212 g/mol. The Labute approximate surface area is 103 Å². The van der Waals surface area contributed by atoms with Crippen molar-refractivity contribution in [1.82, 2.24) is 4.90 Å². The first-order valence-corrected chi connectivity index (χ1v) is 6.45. The number of hydrogen-bond donors (Lipinski definition) is 2. The molecule has 0 amide bonds. The Kier molecular flexibility index (Phi) is 3.89. The predicted octanol–water partition coefficient (Wildman–Crippen LogP) is 2.68.